The third-order valence-electron chi connectivity index (χ3n) is 8.62. The van der Waals surface area contributed by atoms with E-state index in [1.54, 1.807) is 20.0 Å². The van der Waals surface area contributed by atoms with Gasteiger partial charge in [0.15, 0.2) is 5.03 Å². The second kappa shape index (κ2) is 12.9. The van der Waals surface area contributed by atoms with E-state index in [-0.39, 0.29) is 17.7 Å². The zero-order valence-corrected chi connectivity index (χ0v) is 26.5. The number of sulfonamides is 1. The summed E-state index contributed by atoms with van der Waals surface area (Å²) in [5.41, 5.74) is 4.20. The van der Waals surface area contributed by atoms with Crippen molar-refractivity contribution in [3.63, 3.8) is 0 Å². The number of aromatic nitrogens is 3. The first kappa shape index (κ1) is 32.0. The molecule has 2 heterocycles. The maximum absolute atomic E-state index is 13.2. The first-order valence-corrected chi connectivity index (χ1v) is 16.5. The zero-order chi connectivity index (χ0) is 31.6. The number of benzene rings is 1. The highest BCUT2D eigenvalue weighted by Gasteiger charge is 2.34. The topological polar surface area (TPSA) is 159 Å². The summed E-state index contributed by atoms with van der Waals surface area (Å²) in [6.45, 7) is 3.29. The molecule has 0 unspecified atom stereocenters. The Morgan fingerprint density at radius 3 is 2.59 bits per heavy atom. The average molecular weight is 625 g/mol. The van der Waals surface area contributed by atoms with Crippen LogP contribution in [0.5, 0.6) is 5.88 Å². The van der Waals surface area contributed by atoms with Gasteiger partial charge in [0.1, 0.15) is 6.10 Å². The smallest absolute Gasteiger partial charge is 0.459 e. The Kier molecular flexibility index (Phi) is 9.35. The van der Waals surface area contributed by atoms with E-state index >= 15 is 0 Å². The summed E-state index contributed by atoms with van der Waals surface area (Å²) in [5, 5.41) is 24.7. The van der Waals surface area contributed by atoms with Gasteiger partial charge in [0.05, 0.1) is 5.69 Å². The van der Waals surface area contributed by atoms with Crippen LogP contribution in [0.3, 0.4) is 0 Å². The molecule has 2 aliphatic rings. The van der Waals surface area contributed by atoms with Crippen molar-refractivity contribution in [2.45, 2.75) is 87.8 Å². The summed E-state index contributed by atoms with van der Waals surface area (Å²) in [7, 11) is -1.72. The van der Waals surface area contributed by atoms with Crippen LogP contribution in [0, 0.1) is 0 Å². The Morgan fingerprint density at radius 2 is 1.89 bits per heavy atom. The van der Waals surface area contributed by atoms with Crippen molar-refractivity contribution in [1.29, 1.82) is 0 Å². The fourth-order valence-electron chi connectivity index (χ4n) is 5.93. The predicted octanol–water partition coefficient (Wildman–Crippen LogP) is 3.45. The minimum atomic E-state index is -4.31. The van der Waals surface area contributed by atoms with E-state index in [1.165, 1.54) is 16.9 Å². The van der Waals surface area contributed by atoms with Gasteiger partial charge in [-0.15, -0.1) is 0 Å². The molecule has 236 valence electrons. The number of nitrogens with one attached hydrogen (secondary N) is 2. The zero-order valence-electron chi connectivity index (χ0n) is 25.7. The van der Waals surface area contributed by atoms with Gasteiger partial charge in [-0.25, -0.2) is 14.5 Å². The fourth-order valence-corrected chi connectivity index (χ4v) is 6.78. The summed E-state index contributed by atoms with van der Waals surface area (Å²) < 4.78 is 35.7. The van der Waals surface area contributed by atoms with Crippen molar-refractivity contribution >= 4 is 28.9 Å². The molecule has 0 bridgehead atoms. The maximum atomic E-state index is 13.2. The van der Waals surface area contributed by atoms with Crippen molar-refractivity contribution in [3.05, 3.63) is 53.9 Å². The number of anilines is 1. The molecule has 12 nitrogen and oxygen atoms in total. The van der Waals surface area contributed by atoms with Crippen LogP contribution in [0.2, 0.25) is 5.31 Å². The van der Waals surface area contributed by atoms with E-state index < -0.39 is 28.5 Å². The van der Waals surface area contributed by atoms with Gasteiger partial charge in [0.25, 0.3) is 10.0 Å². The number of pyridine rings is 1. The number of nitrogens with zero attached hydrogens (tertiary/aromatic N) is 4. The van der Waals surface area contributed by atoms with Crippen LogP contribution < -0.4 is 14.8 Å². The van der Waals surface area contributed by atoms with Gasteiger partial charge in [0, 0.05) is 41.9 Å². The van der Waals surface area contributed by atoms with Crippen LogP contribution in [0.4, 0.5) is 10.5 Å². The van der Waals surface area contributed by atoms with Crippen molar-refractivity contribution in [2.75, 3.05) is 19.4 Å². The maximum Gasteiger partial charge on any atom is 0.459 e. The molecule has 2 aliphatic carbocycles. The van der Waals surface area contributed by atoms with Crippen LogP contribution in [0.25, 0.3) is 11.1 Å². The van der Waals surface area contributed by atoms with Gasteiger partial charge < -0.3 is 25.0 Å². The molecule has 0 saturated heterocycles. The molecule has 5 rings (SSSR count). The van der Waals surface area contributed by atoms with Gasteiger partial charge in [-0.3, -0.25) is 4.68 Å². The number of hydrogen-bond donors (Lipinski definition) is 4. The van der Waals surface area contributed by atoms with Crippen molar-refractivity contribution in [1.82, 2.24) is 24.4 Å². The third kappa shape index (κ3) is 7.25. The first-order chi connectivity index (χ1) is 20.8. The molecule has 44 heavy (non-hydrogen) atoms. The summed E-state index contributed by atoms with van der Waals surface area (Å²) in [6, 6.07) is 8.62. The molecule has 0 spiro atoms. The summed E-state index contributed by atoms with van der Waals surface area (Å²) in [5.74, 6) is 0.516. The molecular weight excluding hydrogens is 583 g/mol. The number of carbonyl (C=O) groups excluding carboxylic acids is 1. The highest BCUT2D eigenvalue weighted by atomic mass is 32.2. The molecule has 0 radical (unpaired) electrons. The number of fused-ring (bicyclic) bond motifs is 1. The van der Waals surface area contributed by atoms with Gasteiger partial charge in [-0.1, -0.05) is 26.0 Å². The Hall–Kier alpha value is -3.46. The molecule has 1 aromatic carbocycles. The van der Waals surface area contributed by atoms with Crippen molar-refractivity contribution < 1.29 is 28.0 Å². The highest BCUT2D eigenvalue weighted by Crippen LogP contribution is 2.38. The number of aryl methyl sites for hydroxylation is 1. The second-order valence-corrected chi connectivity index (χ2v) is 14.3. The fraction of sp³-hybridized carbons (Fsp3) is 0.500. The Morgan fingerprint density at radius 1 is 1.14 bits per heavy atom. The minimum Gasteiger partial charge on any atom is -0.474 e. The lowest BCUT2D eigenvalue weighted by atomic mass is 9.60. The Balaban J connectivity index is 1.33. The number of hydrogen-bond acceptors (Lipinski definition) is 9. The molecular formula is C30H41BN6O6S. The normalized spacial score (nSPS) is 18.6. The molecule has 1 saturated carbocycles. The number of carbonyl (C=O) groups is 1. The highest BCUT2D eigenvalue weighted by molar-refractivity contribution is 7.90. The largest absolute Gasteiger partial charge is 0.474 e. The van der Waals surface area contributed by atoms with Crippen LogP contribution in [0.15, 0.2) is 47.8 Å². The van der Waals surface area contributed by atoms with E-state index in [1.807, 2.05) is 18.2 Å². The van der Waals surface area contributed by atoms with Crippen molar-refractivity contribution in [3.8, 4) is 17.0 Å². The Bertz CT molecular complexity index is 1600. The molecule has 0 atom stereocenters. The standard InChI is InChI=1S/C30H41BN6O6S/c1-30(2,31(39)40)19-37-17-15-27(34-37)44(41,42)35-29(38)33-28-24-7-5-6-20(24)8-13-25(28)21-14-16-32-26(18-21)43-23-11-9-22(10-12-23)36(3)4/h8,13-18,22-23,39-40H,5-7,9-12,19H2,1-4H3,(H2,33,35,38). The third-order valence-corrected chi connectivity index (χ3v) is 9.84. The number of urea groups is 1. The molecule has 2 aromatic heterocycles. The average Bonchev–Trinajstić information content (AvgIpc) is 3.63. The lowest BCUT2D eigenvalue weighted by Gasteiger charge is -2.32. The van der Waals surface area contributed by atoms with Gasteiger partial charge in [0.2, 0.25) is 5.88 Å². The van der Waals surface area contributed by atoms with E-state index in [4.69, 9.17) is 4.74 Å². The van der Waals surface area contributed by atoms with E-state index in [0.29, 0.717) is 17.6 Å². The monoisotopic (exact) mass is 624 g/mol. The SMILES string of the molecule is CN(C)C1CCC(Oc2cc(-c3ccc4c(c3NC(=O)NS(=O)(=O)c3ccn(CC(C)(C)B(O)O)n3)CCC4)ccn2)CC1. The molecule has 0 aliphatic heterocycles. The lowest BCUT2D eigenvalue weighted by Crippen LogP contribution is -2.35. The quantitative estimate of drug-likeness (QED) is 0.248. The van der Waals surface area contributed by atoms with Crippen LogP contribution in [0.1, 0.15) is 57.1 Å². The predicted molar refractivity (Wildman–Crippen MR) is 168 cm³/mol. The number of amides is 2. The van der Waals surface area contributed by atoms with Crippen molar-refractivity contribution in [2.24, 2.45) is 0 Å². The lowest BCUT2D eigenvalue weighted by molar-refractivity contribution is 0.107. The van der Waals surface area contributed by atoms with Crippen LogP contribution in [-0.2, 0) is 29.4 Å². The molecule has 3 aromatic rings. The number of ether oxygens (including phenoxy) is 1. The summed E-state index contributed by atoms with van der Waals surface area (Å²) >= 11 is 0. The molecule has 4 N–H and O–H groups in total. The second-order valence-electron chi connectivity index (χ2n) is 12.6. The molecule has 2 amide bonds. The summed E-state index contributed by atoms with van der Waals surface area (Å²) in [4.78, 5) is 19.9. The Labute approximate surface area is 259 Å². The van der Waals surface area contributed by atoms with Crippen LogP contribution in [-0.4, -0.2) is 77.5 Å². The summed E-state index contributed by atoms with van der Waals surface area (Å²) in [6.07, 6.45) is 9.79. The van der Waals surface area contributed by atoms with E-state index in [2.05, 4.69) is 45.2 Å². The first-order valence-electron chi connectivity index (χ1n) is 15.0. The van der Waals surface area contributed by atoms with Gasteiger partial charge in [-0.05, 0) is 87.9 Å². The number of rotatable bonds is 10. The van der Waals surface area contributed by atoms with E-state index in [0.717, 1.165) is 67.2 Å². The van der Waals surface area contributed by atoms with Gasteiger partial charge in [-0.2, -0.15) is 13.5 Å². The van der Waals surface area contributed by atoms with Crippen LogP contribution >= 0.6 is 0 Å². The molecule has 14 heteroatoms. The molecule has 1 fully saturated rings. The van der Waals surface area contributed by atoms with Gasteiger partial charge >= 0.3 is 13.1 Å². The minimum absolute atomic E-state index is 0.0564. The van der Waals surface area contributed by atoms with E-state index in [9.17, 15) is 23.3 Å².